The molecule has 0 aromatic heterocycles. The lowest BCUT2D eigenvalue weighted by molar-refractivity contribution is -0.138. The maximum atomic E-state index is 9.57. The summed E-state index contributed by atoms with van der Waals surface area (Å²) in [5.74, 6) is -0.963. The summed E-state index contributed by atoms with van der Waals surface area (Å²) >= 11 is 0. The van der Waals surface area contributed by atoms with Gasteiger partial charge in [0.15, 0.2) is 0 Å². The van der Waals surface area contributed by atoms with Crippen LogP contribution in [0.2, 0.25) is 0 Å². The number of carbonyl (C=O) groups is 1. The maximum absolute atomic E-state index is 9.57. The van der Waals surface area contributed by atoms with E-state index < -0.39 is 12.0 Å². The fourth-order valence-electron chi connectivity index (χ4n) is 0.204. The van der Waals surface area contributed by atoms with Crippen LogP contribution >= 0.6 is 12.4 Å². The summed E-state index contributed by atoms with van der Waals surface area (Å²) in [6, 6.07) is -0.731. The number of hydrogen-bond donors (Lipinski definition) is 2. The van der Waals surface area contributed by atoms with Crippen LogP contribution in [0.25, 0.3) is 0 Å². The largest absolute Gasteiger partial charge is 0.480 e. The molecule has 0 radical (unpaired) electrons. The summed E-state index contributed by atoms with van der Waals surface area (Å²) in [7, 11) is 0. The Bertz CT molecular complexity index is 96.7. The Hall–Kier alpha value is -0.320. The van der Waals surface area contributed by atoms with Gasteiger partial charge in [0.25, 0.3) is 0 Å². The van der Waals surface area contributed by atoms with Gasteiger partial charge in [0, 0.05) is 13.2 Å². The average Bonchev–Trinajstić information content (AvgIpc) is 1.90. The van der Waals surface area contributed by atoms with Crippen LogP contribution in [0, 0.1) is 0 Å². The number of ether oxygens (including phenoxy) is 1. The summed E-state index contributed by atoms with van der Waals surface area (Å²) in [5, 5.41) is 7.87. The predicted molar refractivity (Wildman–Crippen MR) is 50.7 cm³/mol. The van der Waals surface area contributed by atoms with Crippen LogP contribution in [-0.4, -0.2) is 30.3 Å². The van der Waals surface area contributed by atoms with Crippen molar-refractivity contribution in [3.05, 3.63) is 0 Å². The van der Waals surface area contributed by atoms with E-state index in [2.05, 4.69) is 0 Å². The highest BCUT2D eigenvalue weighted by Crippen LogP contribution is 1.68. The van der Waals surface area contributed by atoms with E-state index >= 15 is 0 Å². The second-order valence-electron chi connectivity index (χ2n) is 1.91. The zero-order valence-corrected chi connectivity index (χ0v) is 8.56. The molecular formula is C7H18ClNO3. The number of carboxylic acids is 1. The molecule has 0 heterocycles. The molecule has 0 saturated carbocycles. The standard InChI is InChI=1S/C4H10O.C3H7NO2.ClH/c1-3-5-4-2;1-2(4)3(5)6;/h3-4H2,1-2H3;2H,4H2,1H3,(H,5,6);1H/t;2-;/m.0./s1. The Morgan fingerprint density at radius 1 is 1.50 bits per heavy atom. The third-order valence-electron chi connectivity index (χ3n) is 0.798. The minimum absolute atomic E-state index is 0. The topological polar surface area (TPSA) is 72.5 Å². The minimum atomic E-state index is -0.963. The molecule has 4 nitrogen and oxygen atoms in total. The summed E-state index contributed by atoms with van der Waals surface area (Å²) in [4.78, 5) is 9.57. The SMILES string of the molecule is CCOCC.C[C@H](N)C(=O)O.Cl. The van der Waals surface area contributed by atoms with Crippen LogP contribution in [0.1, 0.15) is 20.8 Å². The second-order valence-corrected chi connectivity index (χ2v) is 1.91. The molecule has 3 N–H and O–H groups in total. The van der Waals surface area contributed by atoms with Crippen molar-refractivity contribution in [2.75, 3.05) is 13.2 Å². The molecule has 12 heavy (non-hydrogen) atoms. The summed E-state index contributed by atoms with van der Waals surface area (Å²) in [6.07, 6.45) is 0. The molecule has 0 aliphatic carbocycles. The van der Waals surface area contributed by atoms with E-state index in [1.165, 1.54) is 6.92 Å². The van der Waals surface area contributed by atoms with Crippen molar-refractivity contribution < 1.29 is 14.6 Å². The van der Waals surface area contributed by atoms with Crippen molar-refractivity contribution in [2.45, 2.75) is 26.8 Å². The average molecular weight is 200 g/mol. The van der Waals surface area contributed by atoms with Crippen LogP contribution in [-0.2, 0) is 9.53 Å². The van der Waals surface area contributed by atoms with Gasteiger partial charge in [-0.1, -0.05) is 0 Å². The number of rotatable bonds is 3. The van der Waals surface area contributed by atoms with Gasteiger partial charge in [0.1, 0.15) is 6.04 Å². The first-order chi connectivity index (χ1) is 5.06. The lowest BCUT2D eigenvalue weighted by atomic mass is 10.4. The summed E-state index contributed by atoms with van der Waals surface area (Å²) in [6.45, 7) is 7.09. The van der Waals surface area contributed by atoms with E-state index in [4.69, 9.17) is 15.6 Å². The van der Waals surface area contributed by atoms with Crippen molar-refractivity contribution in [1.82, 2.24) is 0 Å². The Kier molecular flexibility index (Phi) is 19.6. The molecule has 76 valence electrons. The van der Waals surface area contributed by atoms with E-state index in [1.54, 1.807) is 0 Å². The predicted octanol–water partition coefficient (Wildman–Crippen LogP) is 0.883. The van der Waals surface area contributed by atoms with Gasteiger partial charge in [0.2, 0.25) is 0 Å². The van der Waals surface area contributed by atoms with E-state index in [0.717, 1.165) is 13.2 Å². The molecule has 1 atom stereocenters. The first kappa shape index (κ1) is 17.7. The zero-order valence-electron chi connectivity index (χ0n) is 7.74. The van der Waals surface area contributed by atoms with E-state index in [-0.39, 0.29) is 12.4 Å². The maximum Gasteiger partial charge on any atom is 0.320 e. The molecule has 0 amide bonds. The fourth-order valence-corrected chi connectivity index (χ4v) is 0.204. The first-order valence-electron chi connectivity index (χ1n) is 3.62. The van der Waals surface area contributed by atoms with E-state index in [1.807, 2.05) is 13.8 Å². The van der Waals surface area contributed by atoms with Crippen molar-refractivity contribution in [1.29, 1.82) is 0 Å². The smallest absolute Gasteiger partial charge is 0.320 e. The van der Waals surface area contributed by atoms with Gasteiger partial charge < -0.3 is 15.6 Å². The van der Waals surface area contributed by atoms with Crippen molar-refractivity contribution >= 4 is 18.4 Å². The Balaban J connectivity index is -0.000000126. The quantitative estimate of drug-likeness (QED) is 0.708. The molecule has 0 rings (SSSR count). The van der Waals surface area contributed by atoms with Gasteiger partial charge in [-0.25, -0.2) is 0 Å². The van der Waals surface area contributed by atoms with Gasteiger partial charge in [0.05, 0.1) is 0 Å². The molecule has 0 spiro atoms. The molecule has 0 unspecified atom stereocenters. The Labute approximate surface area is 79.5 Å². The Morgan fingerprint density at radius 3 is 1.75 bits per heavy atom. The van der Waals surface area contributed by atoms with E-state index in [0.29, 0.717) is 0 Å². The third kappa shape index (κ3) is 22.6. The lowest BCUT2D eigenvalue weighted by Crippen LogP contribution is -2.25. The number of carboxylic acid groups (broad SMARTS) is 1. The van der Waals surface area contributed by atoms with Crippen LogP contribution in [0.15, 0.2) is 0 Å². The van der Waals surface area contributed by atoms with Gasteiger partial charge >= 0.3 is 5.97 Å². The molecular weight excluding hydrogens is 182 g/mol. The molecule has 0 fully saturated rings. The minimum Gasteiger partial charge on any atom is -0.480 e. The van der Waals surface area contributed by atoms with Gasteiger partial charge in [-0.2, -0.15) is 0 Å². The summed E-state index contributed by atoms with van der Waals surface area (Å²) in [5.41, 5.74) is 4.84. The van der Waals surface area contributed by atoms with Crippen LogP contribution < -0.4 is 5.73 Å². The van der Waals surface area contributed by atoms with Crippen LogP contribution in [0.4, 0.5) is 0 Å². The molecule has 0 aromatic rings. The summed E-state index contributed by atoms with van der Waals surface area (Å²) < 4.78 is 4.83. The monoisotopic (exact) mass is 199 g/mol. The number of hydrogen-bond acceptors (Lipinski definition) is 3. The zero-order chi connectivity index (χ0) is 9.28. The fraction of sp³-hybridized carbons (Fsp3) is 0.857. The number of aliphatic carboxylic acids is 1. The molecule has 0 saturated heterocycles. The first-order valence-corrected chi connectivity index (χ1v) is 3.62. The molecule has 5 heteroatoms. The van der Waals surface area contributed by atoms with E-state index in [9.17, 15) is 4.79 Å². The lowest BCUT2D eigenvalue weighted by Gasteiger charge is -1.90. The van der Waals surface area contributed by atoms with Crippen LogP contribution in [0.3, 0.4) is 0 Å². The highest BCUT2D eigenvalue weighted by molar-refractivity contribution is 5.85. The number of nitrogens with two attached hydrogens (primary N) is 1. The third-order valence-corrected chi connectivity index (χ3v) is 0.798. The molecule has 0 aliphatic rings. The van der Waals surface area contributed by atoms with Crippen molar-refractivity contribution in [2.24, 2.45) is 5.73 Å². The second kappa shape index (κ2) is 13.3. The number of halogens is 1. The van der Waals surface area contributed by atoms with Gasteiger partial charge in [-0.3, -0.25) is 4.79 Å². The normalized spacial score (nSPS) is 10.3. The molecule has 0 aromatic carbocycles. The van der Waals surface area contributed by atoms with Crippen molar-refractivity contribution in [3.63, 3.8) is 0 Å². The molecule has 0 aliphatic heterocycles. The highest BCUT2D eigenvalue weighted by Gasteiger charge is 1.99. The Morgan fingerprint density at radius 2 is 1.75 bits per heavy atom. The van der Waals surface area contributed by atoms with Gasteiger partial charge in [-0.05, 0) is 20.8 Å². The highest BCUT2D eigenvalue weighted by atomic mass is 35.5. The van der Waals surface area contributed by atoms with Gasteiger partial charge in [-0.15, -0.1) is 12.4 Å². The van der Waals surface area contributed by atoms with Crippen molar-refractivity contribution in [3.8, 4) is 0 Å². The molecule has 0 bridgehead atoms. The van der Waals surface area contributed by atoms with Crippen LogP contribution in [0.5, 0.6) is 0 Å².